The standard InChI is InChI=1S/C38H26O6S2/c39-45(40,41)37-32-22-12-10-20-30(32)36(31-21-11-13-23-33(31)37)44-46(42,43)38-34(27-16-6-2-7-17-27)24-29(26-14-4-1-5-15-26)25-35(38)28-18-8-3-9-19-28/h1-25H,(H,39,40,41)/p-1. The van der Waals surface area contributed by atoms with E-state index in [9.17, 15) is 21.4 Å². The fraction of sp³-hybridized carbons (Fsp3) is 0. The van der Waals surface area contributed by atoms with E-state index in [-0.39, 0.29) is 32.2 Å². The molecule has 0 N–H and O–H groups in total. The van der Waals surface area contributed by atoms with Crippen LogP contribution in [0.3, 0.4) is 0 Å². The SMILES string of the molecule is O=S(=O)([O-])c1c2ccccc2c(OS(=O)(=O)c2c(-c3ccccc3)cc(-c3ccccc3)cc2-c2ccccc2)c2ccccc12. The molecule has 7 aromatic carbocycles. The largest absolute Gasteiger partial charge is 0.744 e. The van der Waals surface area contributed by atoms with Gasteiger partial charge in [0.15, 0.2) is 5.75 Å². The van der Waals surface area contributed by atoms with Crippen molar-refractivity contribution in [2.24, 2.45) is 0 Å². The van der Waals surface area contributed by atoms with E-state index in [1.165, 1.54) is 12.1 Å². The molecule has 0 saturated carbocycles. The highest BCUT2D eigenvalue weighted by Gasteiger charge is 2.30. The van der Waals surface area contributed by atoms with Gasteiger partial charge in [-0.2, -0.15) is 8.42 Å². The smallest absolute Gasteiger partial charge is 0.340 e. The molecule has 0 radical (unpaired) electrons. The van der Waals surface area contributed by atoms with Crippen molar-refractivity contribution in [2.75, 3.05) is 0 Å². The minimum atomic E-state index is -4.94. The topological polar surface area (TPSA) is 101 Å². The number of hydrogen-bond donors (Lipinski definition) is 0. The van der Waals surface area contributed by atoms with Crippen LogP contribution in [0, 0.1) is 0 Å². The Hall–Kier alpha value is -5.28. The lowest BCUT2D eigenvalue weighted by molar-refractivity contribution is 0.465. The van der Waals surface area contributed by atoms with Gasteiger partial charge >= 0.3 is 10.1 Å². The van der Waals surface area contributed by atoms with Gasteiger partial charge in [0.05, 0.1) is 4.90 Å². The van der Waals surface area contributed by atoms with Crippen molar-refractivity contribution in [3.8, 4) is 39.1 Å². The summed E-state index contributed by atoms with van der Waals surface area (Å²) >= 11 is 0. The Morgan fingerprint density at radius 2 is 0.783 bits per heavy atom. The molecule has 0 fully saturated rings. The molecule has 0 saturated heterocycles. The highest BCUT2D eigenvalue weighted by Crippen LogP contribution is 2.45. The molecule has 0 aromatic heterocycles. The lowest BCUT2D eigenvalue weighted by Gasteiger charge is -2.21. The van der Waals surface area contributed by atoms with E-state index in [2.05, 4.69) is 0 Å². The van der Waals surface area contributed by atoms with Gasteiger partial charge in [0.2, 0.25) is 0 Å². The molecule has 8 heteroatoms. The van der Waals surface area contributed by atoms with E-state index in [1.54, 1.807) is 36.4 Å². The van der Waals surface area contributed by atoms with Crippen molar-refractivity contribution >= 4 is 41.8 Å². The van der Waals surface area contributed by atoms with Crippen LogP contribution in [0.5, 0.6) is 5.75 Å². The van der Waals surface area contributed by atoms with E-state index in [4.69, 9.17) is 4.18 Å². The molecule has 0 aliphatic rings. The lowest BCUT2D eigenvalue weighted by atomic mass is 9.93. The first kappa shape index (κ1) is 29.4. The van der Waals surface area contributed by atoms with Gasteiger partial charge in [-0.25, -0.2) is 8.42 Å². The maximum Gasteiger partial charge on any atom is 0.340 e. The van der Waals surface area contributed by atoms with E-state index in [0.29, 0.717) is 22.3 Å². The number of benzene rings is 7. The summed E-state index contributed by atoms with van der Waals surface area (Å²) in [5.41, 5.74) is 3.94. The van der Waals surface area contributed by atoms with Gasteiger partial charge in [-0.1, -0.05) is 140 Å². The predicted molar refractivity (Wildman–Crippen MR) is 180 cm³/mol. The summed E-state index contributed by atoms with van der Waals surface area (Å²) in [6.45, 7) is 0. The molecule has 226 valence electrons. The van der Waals surface area contributed by atoms with Gasteiger partial charge in [-0.3, -0.25) is 0 Å². The second-order valence-corrected chi connectivity index (χ2v) is 13.5. The Kier molecular flexibility index (Phi) is 7.41. The molecular weight excluding hydrogens is 617 g/mol. The summed E-state index contributed by atoms with van der Waals surface area (Å²) in [7, 11) is -9.57. The first-order valence-corrected chi connectivity index (χ1v) is 17.2. The van der Waals surface area contributed by atoms with Gasteiger partial charge in [0.1, 0.15) is 15.0 Å². The average Bonchev–Trinajstić information content (AvgIpc) is 3.08. The molecule has 0 aliphatic carbocycles. The summed E-state index contributed by atoms with van der Waals surface area (Å²) in [5.74, 6) is -0.0660. The predicted octanol–water partition coefficient (Wildman–Crippen LogP) is 8.67. The first-order chi connectivity index (χ1) is 22.2. The zero-order valence-electron chi connectivity index (χ0n) is 24.2. The van der Waals surface area contributed by atoms with Crippen molar-refractivity contribution in [3.05, 3.63) is 152 Å². The second kappa shape index (κ2) is 11.6. The Morgan fingerprint density at radius 3 is 1.20 bits per heavy atom. The van der Waals surface area contributed by atoms with Crippen LogP contribution in [0.15, 0.2) is 161 Å². The molecule has 0 spiro atoms. The Morgan fingerprint density at radius 1 is 0.413 bits per heavy atom. The van der Waals surface area contributed by atoms with Gasteiger partial charge in [0, 0.05) is 32.7 Å². The van der Waals surface area contributed by atoms with Crippen LogP contribution in [0.4, 0.5) is 0 Å². The summed E-state index contributed by atoms with van der Waals surface area (Å²) in [4.78, 5) is -0.469. The summed E-state index contributed by atoms with van der Waals surface area (Å²) in [5, 5.41) is 0.519. The third-order valence-electron chi connectivity index (χ3n) is 7.89. The van der Waals surface area contributed by atoms with Gasteiger partial charge < -0.3 is 8.74 Å². The Bertz CT molecular complexity index is 2340. The molecule has 0 atom stereocenters. The molecule has 0 heterocycles. The monoisotopic (exact) mass is 641 g/mol. The van der Waals surface area contributed by atoms with Crippen LogP contribution in [0.2, 0.25) is 0 Å². The van der Waals surface area contributed by atoms with Crippen LogP contribution in [-0.2, 0) is 20.2 Å². The molecule has 0 amide bonds. The number of rotatable bonds is 7. The molecule has 0 unspecified atom stereocenters. The van der Waals surface area contributed by atoms with Crippen LogP contribution in [0.1, 0.15) is 0 Å². The van der Waals surface area contributed by atoms with Crippen molar-refractivity contribution in [1.29, 1.82) is 0 Å². The summed E-state index contributed by atoms with van der Waals surface area (Å²) < 4.78 is 73.3. The highest BCUT2D eigenvalue weighted by molar-refractivity contribution is 7.87. The van der Waals surface area contributed by atoms with Gasteiger partial charge in [-0.05, 0) is 34.4 Å². The third kappa shape index (κ3) is 5.32. The molecule has 7 aromatic rings. The lowest BCUT2D eigenvalue weighted by Crippen LogP contribution is -2.14. The minimum absolute atomic E-state index is 0.0433. The van der Waals surface area contributed by atoms with E-state index in [1.807, 2.05) is 103 Å². The maximum atomic E-state index is 14.8. The quantitative estimate of drug-likeness (QED) is 0.0981. The zero-order chi connectivity index (χ0) is 31.9. The van der Waals surface area contributed by atoms with Gasteiger partial charge in [0.25, 0.3) is 0 Å². The molecule has 6 nitrogen and oxygen atoms in total. The van der Waals surface area contributed by atoms with Crippen LogP contribution < -0.4 is 4.18 Å². The fourth-order valence-corrected chi connectivity index (χ4v) is 8.19. The maximum absolute atomic E-state index is 14.8. The Labute approximate surface area is 267 Å². The molecule has 0 aliphatic heterocycles. The molecule has 7 rings (SSSR count). The summed E-state index contributed by atoms with van der Waals surface area (Å²) in [6, 6.07) is 44.4. The zero-order valence-corrected chi connectivity index (χ0v) is 25.8. The van der Waals surface area contributed by atoms with Crippen LogP contribution in [0.25, 0.3) is 54.9 Å². The fourth-order valence-electron chi connectivity index (χ4n) is 5.92. The Balaban J connectivity index is 1.55. The van der Waals surface area contributed by atoms with E-state index >= 15 is 0 Å². The van der Waals surface area contributed by atoms with Crippen molar-refractivity contribution in [2.45, 2.75) is 9.79 Å². The normalized spacial score (nSPS) is 11.9. The van der Waals surface area contributed by atoms with Gasteiger partial charge in [-0.15, -0.1) is 0 Å². The van der Waals surface area contributed by atoms with Crippen molar-refractivity contribution < 1.29 is 25.6 Å². The number of fused-ring (bicyclic) bond motifs is 2. The van der Waals surface area contributed by atoms with Crippen molar-refractivity contribution in [3.63, 3.8) is 0 Å². The first-order valence-electron chi connectivity index (χ1n) is 14.4. The number of hydrogen-bond acceptors (Lipinski definition) is 6. The third-order valence-corrected chi connectivity index (χ3v) is 10.2. The second-order valence-electron chi connectivity index (χ2n) is 10.7. The van der Waals surface area contributed by atoms with Crippen molar-refractivity contribution in [1.82, 2.24) is 0 Å². The van der Waals surface area contributed by atoms with Crippen LogP contribution in [-0.4, -0.2) is 21.4 Å². The van der Waals surface area contributed by atoms with E-state index < -0.39 is 25.1 Å². The summed E-state index contributed by atoms with van der Waals surface area (Å²) in [6.07, 6.45) is 0. The molecule has 0 bridgehead atoms. The van der Waals surface area contributed by atoms with Crippen LogP contribution >= 0.6 is 0 Å². The highest BCUT2D eigenvalue weighted by atomic mass is 32.2. The molecular formula is C38H25O6S2-. The molecule has 46 heavy (non-hydrogen) atoms. The average molecular weight is 642 g/mol. The van der Waals surface area contributed by atoms with E-state index in [0.717, 1.165) is 11.1 Å². The minimum Gasteiger partial charge on any atom is -0.744 e.